The number of carboxylic acids is 1. The van der Waals surface area contributed by atoms with Crippen molar-refractivity contribution in [2.75, 3.05) is 20.6 Å². The fraction of sp³-hybridized carbons (Fsp3) is 0.286. The van der Waals surface area contributed by atoms with Crippen LogP contribution < -0.4 is 10.5 Å². The second-order valence-corrected chi connectivity index (χ2v) is 6.06. The van der Waals surface area contributed by atoms with E-state index in [2.05, 4.69) is 22.6 Å². The number of carboxylic acid groups (broad SMARTS) is 1. The third kappa shape index (κ3) is 3.01. The molecule has 0 saturated heterocycles. The van der Waals surface area contributed by atoms with E-state index in [1.54, 1.807) is 10.6 Å². The van der Waals surface area contributed by atoms with Crippen LogP contribution in [0.5, 0.6) is 0 Å². The van der Waals surface area contributed by atoms with Crippen molar-refractivity contribution in [2.24, 2.45) is 0 Å². The first-order chi connectivity index (χ1) is 9.40. The molecule has 1 aromatic heterocycles. The van der Waals surface area contributed by atoms with Gasteiger partial charge in [-0.15, -0.1) is 0 Å². The molecule has 1 heterocycles. The van der Waals surface area contributed by atoms with E-state index in [4.69, 9.17) is 0 Å². The van der Waals surface area contributed by atoms with Crippen LogP contribution in [0.1, 0.15) is 10.4 Å². The predicted molar refractivity (Wildman–Crippen MR) is 83.8 cm³/mol. The van der Waals surface area contributed by atoms with Gasteiger partial charge < -0.3 is 19.4 Å². The Morgan fingerprint density at radius 2 is 2.10 bits per heavy atom. The molecular weight excluding hydrogens is 371 g/mol. The van der Waals surface area contributed by atoms with Crippen LogP contribution in [0.15, 0.2) is 29.2 Å². The molecule has 0 amide bonds. The molecule has 20 heavy (non-hydrogen) atoms. The fourth-order valence-corrected chi connectivity index (χ4v) is 2.50. The van der Waals surface area contributed by atoms with Gasteiger partial charge >= 0.3 is 0 Å². The zero-order valence-corrected chi connectivity index (χ0v) is 13.4. The lowest BCUT2D eigenvalue weighted by Crippen LogP contribution is -2.31. The number of halogens is 1. The van der Waals surface area contributed by atoms with Gasteiger partial charge in [-0.25, -0.2) is 0 Å². The maximum atomic E-state index is 12.2. The quantitative estimate of drug-likeness (QED) is 0.721. The zero-order valence-electron chi connectivity index (χ0n) is 11.2. The number of fused-ring (bicyclic) bond motifs is 1. The number of nitrogens with zero attached hydrogens (tertiary/aromatic N) is 2. The summed E-state index contributed by atoms with van der Waals surface area (Å²) in [5.41, 5.74) is -0.0415. The topological polar surface area (TPSA) is 65.4 Å². The van der Waals surface area contributed by atoms with E-state index < -0.39 is 11.4 Å². The van der Waals surface area contributed by atoms with Crippen molar-refractivity contribution < 1.29 is 9.90 Å². The van der Waals surface area contributed by atoms with E-state index in [1.807, 2.05) is 31.1 Å². The van der Waals surface area contributed by atoms with Crippen molar-refractivity contribution in [3.05, 3.63) is 43.8 Å². The molecule has 6 heteroatoms. The molecule has 0 aliphatic heterocycles. The van der Waals surface area contributed by atoms with Crippen molar-refractivity contribution in [1.29, 1.82) is 0 Å². The first kappa shape index (κ1) is 15.0. The van der Waals surface area contributed by atoms with Gasteiger partial charge in [0, 0.05) is 28.2 Å². The maximum absolute atomic E-state index is 12.2. The highest BCUT2D eigenvalue weighted by molar-refractivity contribution is 14.1. The Hall–Kier alpha value is -1.41. The monoisotopic (exact) mass is 385 g/mol. The largest absolute Gasteiger partial charge is 0.545 e. The molecule has 0 radical (unpaired) electrons. The lowest BCUT2D eigenvalue weighted by molar-refractivity contribution is -0.255. The van der Waals surface area contributed by atoms with Crippen molar-refractivity contribution in [3.8, 4) is 0 Å². The maximum Gasteiger partial charge on any atom is 0.198 e. The highest BCUT2D eigenvalue weighted by Crippen LogP contribution is 2.15. The SMILES string of the molecule is CN(C)CCn1cc(C(=O)[O-])c(=O)c2cc(I)ccc21. The summed E-state index contributed by atoms with van der Waals surface area (Å²) in [6.07, 6.45) is 1.37. The summed E-state index contributed by atoms with van der Waals surface area (Å²) >= 11 is 2.10. The number of likely N-dealkylation sites (N-methyl/N-ethyl adjacent to an activating group) is 1. The van der Waals surface area contributed by atoms with Gasteiger partial charge in [0.05, 0.1) is 17.0 Å². The molecular formula is C14H14IN2O3-. The number of aromatic nitrogens is 1. The fourth-order valence-electron chi connectivity index (χ4n) is 2.01. The van der Waals surface area contributed by atoms with Crippen molar-refractivity contribution in [1.82, 2.24) is 9.47 Å². The number of pyridine rings is 1. The van der Waals surface area contributed by atoms with Crippen LogP contribution in [0.3, 0.4) is 0 Å². The first-order valence-electron chi connectivity index (χ1n) is 6.09. The Balaban J connectivity index is 2.69. The Morgan fingerprint density at radius 1 is 1.40 bits per heavy atom. The van der Waals surface area contributed by atoms with Crippen LogP contribution in [0.4, 0.5) is 0 Å². The molecule has 5 nitrogen and oxygen atoms in total. The average molecular weight is 385 g/mol. The number of carbonyl (C=O) groups is 1. The van der Waals surface area contributed by atoms with Crippen LogP contribution in [0.25, 0.3) is 10.9 Å². The molecule has 0 aliphatic carbocycles. The number of aromatic carboxylic acids is 1. The molecule has 0 fully saturated rings. The van der Waals surface area contributed by atoms with Crippen LogP contribution in [0.2, 0.25) is 0 Å². The molecule has 0 aliphatic rings. The number of rotatable bonds is 4. The molecule has 0 saturated carbocycles. The van der Waals surface area contributed by atoms with Crippen LogP contribution in [-0.4, -0.2) is 36.1 Å². The molecule has 0 unspecified atom stereocenters. The van der Waals surface area contributed by atoms with Crippen molar-refractivity contribution >= 4 is 39.5 Å². The second-order valence-electron chi connectivity index (χ2n) is 4.82. The van der Waals surface area contributed by atoms with Crippen molar-refractivity contribution in [3.63, 3.8) is 0 Å². The molecule has 2 rings (SSSR count). The summed E-state index contributed by atoms with van der Waals surface area (Å²) in [4.78, 5) is 25.3. The highest BCUT2D eigenvalue weighted by atomic mass is 127. The number of carbonyl (C=O) groups excluding carboxylic acids is 1. The summed E-state index contributed by atoms with van der Waals surface area (Å²) in [6.45, 7) is 1.35. The third-order valence-electron chi connectivity index (χ3n) is 3.05. The molecule has 2 aromatic rings. The Kier molecular flexibility index (Phi) is 4.44. The second kappa shape index (κ2) is 5.92. The Bertz CT molecular complexity index is 722. The predicted octanol–water partition coefficient (Wildman–Crippen LogP) is 0.531. The molecule has 0 atom stereocenters. The van der Waals surface area contributed by atoms with Gasteiger partial charge in [-0.3, -0.25) is 4.79 Å². The van der Waals surface area contributed by atoms with E-state index >= 15 is 0 Å². The van der Waals surface area contributed by atoms with Crippen molar-refractivity contribution in [2.45, 2.75) is 6.54 Å². The van der Waals surface area contributed by atoms with Gasteiger partial charge in [0.25, 0.3) is 0 Å². The van der Waals surface area contributed by atoms with E-state index in [1.165, 1.54) is 6.20 Å². The summed E-state index contributed by atoms with van der Waals surface area (Å²) in [5, 5.41) is 11.5. The summed E-state index contributed by atoms with van der Waals surface area (Å²) in [5.74, 6) is -1.44. The van der Waals surface area contributed by atoms with Gasteiger partial charge in [0.2, 0.25) is 0 Å². The zero-order chi connectivity index (χ0) is 14.9. The average Bonchev–Trinajstić information content (AvgIpc) is 2.37. The summed E-state index contributed by atoms with van der Waals surface area (Å²) in [7, 11) is 3.88. The minimum absolute atomic E-state index is 0.293. The van der Waals surface area contributed by atoms with Crippen LogP contribution in [0, 0.1) is 3.57 Å². The number of hydrogen-bond donors (Lipinski definition) is 0. The minimum atomic E-state index is -1.44. The minimum Gasteiger partial charge on any atom is -0.545 e. The van der Waals surface area contributed by atoms with Gasteiger partial charge in [0.1, 0.15) is 0 Å². The Morgan fingerprint density at radius 3 is 2.70 bits per heavy atom. The standard InChI is InChI=1S/C14H15IN2O3/c1-16(2)5-6-17-8-11(14(19)20)13(18)10-7-9(15)3-4-12(10)17/h3-4,7-8H,5-6H2,1-2H3,(H,19,20)/p-1. The lowest BCUT2D eigenvalue weighted by Gasteiger charge is -2.16. The van der Waals surface area contributed by atoms with Crippen LogP contribution >= 0.6 is 22.6 Å². The smallest absolute Gasteiger partial charge is 0.198 e. The third-order valence-corrected chi connectivity index (χ3v) is 3.72. The van der Waals surface area contributed by atoms with Crippen LogP contribution in [-0.2, 0) is 6.54 Å². The molecule has 0 N–H and O–H groups in total. The first-order valence-corrected chi connectivity index (χ1v) is 7.17. The highest BCUT2D eigenvalue weighted by Gasteiger charge is 2.10. The van der Waals surface area contributed by atoms with E-state index in [9.17, 15) is 14.7 Å². The normalized spacial score (nSPS) is 11.2. The summed E-state index contributed by atoms with van der Waals surface area (Å²) in [6, 6.07) is 5.44. The van der Waals surface area contributed by atoms with Gasteiger partial charge in [-0.2, -0.15) is 0 Å². The van der Waals surface area contributed by atoms with E-state index in [0.29, 0.717) is 11.9 Å². The van der Waals surface area contributed by atoms with E-state index in [-0.39, 0.29) is 5.56 Å². The van der Waals surface area contributed by atoms with Gasteiger partial charge in [-0.1, -0.05) is 0 Å². The Labute approximate surface area is 130 Å². The lowest BCUT2D eigenvalue weighted by atomic mass is 10.1. The summed E-state index contributed by atoms with van der Waals surface area (Å²) < 4.78 is 2.68. The molecule has 0 spiro atoms. The van der Waals surface area contributed by atoms with E-state index in [0.717, 1.165) is 15.6 Å². The molecule has 1 aromatic carbocycles. The number of hydrogen-bond acceptors (Lipinski definition) is 4. The number of benzene rings is 1. The molecule has 106 valence electrons. The van der Waals surface area contributed by atoms with Gasteiger partial charge in [-0.05, 0) is 54.9 Å². The molecule has 0 bridgehead atoms. The van der Waals surface area contributed by atoms with Gasteiger partial charge in [0.15, 0.2) is 5.43 Å².